The molecule has 3 aromatic rings. The first-order chi connectivity index (χ1) is 19.9. The highest BCUT2D eigenvalue weighted by Gasteiger charge is 2.41. The maximum absolute atomic E-state index is 12.0. The largest absolute Gasteiger partial charge is 0.508 e. The van der Waals surface area contributed by atoms with Gasteiger partial charge in [-0.1, -0.05) is 62.4 Å². The maximum atomic E-state index is 12.0. The van der Waals surface area contributed by atoms with Crippen LogP contribution in [-0.4, -0.2) is 76.9 Å². The number of benzene rings is 3. The molecular formula is C32H37NO9. The fourth-order valence-corrected chi connectivity index (χ4v) is 4.42. The zero-order valence-electron chi connectivity index (χ0n) is 24.0. The van der Waals surface area contributed by atoms with E-state index in [4.69, 9.17) is 9.47 Å². The molecular weight excluding hydrogens is 542 g/mol. The Hall–Kier alpha value is -4.70. The van der Waals surface area contributed by atoms with E-state index in [1.807, 2.05) is 12.1 Å². The van der Waals surface area contributed by atoms with E-state index >= 15 is 0 Å². The monoisotopic (exact) mass is 579 g/mol. The van der Waals surface area contributed by atoms with Gasteiger partial charge in [-0.2, -0.15) is 0 Å². The van der Waals surface area contributed by atoms with Crippen molar-refractivity contribution in [2.24, 2.45) is 5.92 Å². The molecule has 0 fully saturated rings. The second kappa shape index (κ2) is 16.5. The summed E-state index contributed by atoms with van der Waals surface area (Å²) in [7, 11) is 4.21. The second-order valence-corrected chi connectivity index (χ2v) is 9.91. The average molecular weight is 580 g/mol. The number of esters is 2. The van der Waals surface area contributed by atoms with E-state index in [-0.39, 0.29) is 11.1 Å². The molecule has 0 saturated heterocycles. The predicted molar refractivity (Wildman–Crippen MR) is 155 cm³/mol. The van der Waals surface area contributed by atoms with Gasteiger partial charge in [-0.15, -0.1) is 0 Å². The van der Waals surface area contributed by atoms with Gasteiger partial charge in [-0.05, 0) is 74.3 Å². The third kappa shape index (κ3) is 10.4. The number of carbonyl (C=O) groups excluding carboxylic acids is 2. The smallest absolute Gasteiger partial charge is 0.349 e. The van der Waals surface area contributed by atoms with Crippen LogP contribution in [-0.2, 0) is 19.1 Å². The Morgan fingerprint density at radius 1 is 0.738 bits per heavy atom. The number of hydrogen-bond donors (Lipinski definition) is 3. The van der Waals surface area contributed by atoms with E-state index in [0.717, 1.165) is 13.0 Å². The number of nitrogens with zero attached hydrogens (tertiary/aromatic N) is 1. The van der Waals surface area contributed by atoms with Crippen molar-refractivity contribution in [1.82, 2.24) is 4.90 Å². The molecule has 0 aromatic heterocycles. The van der Waals surface area contributed by atoms with Gasteiger partial charge in [0.1, 0.15) is 5.75 Å². The van der Waals surface area contributed by atoms with Gasteiger partial charge in [-0.25, -0.2) is 19.2 Å². The van der Waals surface area contributed by atoms with Crippen molar-refractivity contribution in [2.75, 3.05) is 20.6 Å². The number of hydrogen-bond acceptors (Lipinski definition) is 8. The van der Waals surface area contributed by atoms with Gasteiger partial charge in [-0.3, -0.25) is 0 Å². The minimum Gasteiger partial charge on any atom is -0.508 e. The van der Waals surface area contributed by atoms with Crippen LogP contribution >= 0.6 is 0 Å². The van der Waals surface area contributed by atoms with Gasteiger partial charge in [0.05, 0.1) is 11.1 Å². The van der Waals surface area contributed by atoms with Crippen molar-refractivity contribution in [1.29, 1.82) is 0 Å². The Bertz CT molecular complexity index is 1240. The highest BCUT2D eigenvalue weighted by atomic mass is 16.6. The number of aliphatic carboxylic acids is 2. The molecule has 0 aliphatic carbocycles. The number of carboxylic acids is 2. The summed E-state index contributed by atoms with van der Waals surface area (Å²) in [5, 5.41) is 28.0. The van der Waals surface area contributed by atoms with Crippen LogP contribution in [0.2, 0.25) is 0 Å². The SMILES string of the molecule is CC[C@@H](c1cccc(O)c1)[C@@H](C)CN(C)C.O=C(O[C@@H](C(=O)O)[C@@H](OC(=O)c1ccccc1)C(=O)O)c1ccccc1. The predicted octanol–water partition coefficient (Wildman–Crippen LogP) is 4.69. The summed E-state index contributed by atoms with van der Waals surface area (Å²) in [5.74, 6) is -4.14. The van der Waals surface area contributed by atoms with Gasteiger partial charge < -0.3 is 29.7 Å². The Morgan fingerprint density at radius 2 is 1.19 bits per heavy atom. The van der Waals surface area contributed by atoms with Crippen molar-refractivity contribution in [2.45, 2.75) is 38.4 Å². The van der Waals surface area contributed by atoms with Gasteiger partial charge in [0.15, 0.2) is 0 Å². The molecule has 3 N–H and O–H groups in total. The zero-order chi connectivity index (χ0) is 31.2. The van der Waals surface area contributed by atoms with Crippen molar-refractivity contribution in [3.05, 3.63) is 102 Å². The van der Waals surface area contributed by atoms with Gasteiger partial charge in [0.25, 0.3) is 0 Å². The third-order valence-electron chi connectivity index (χ3n) is 6.33. The van der Waals surface area contributed by atoms with Crippen molar-refractivity contribution in [3.8, 4) is 5.75 Å². The van der Waals surface area contributed by atoms with Crippen LogP contribution in [0, 0.1) is 5.92 Å². The van der Waals surface area contributed by atoms with E-state index in [1.165, 1.54) is 54.1 Å². The van der Waals surface area contributed by atoms with Crippen LogP contribution < -0.4 is 0 Å². The summed E-state index contributed by atoms with van der Waals surface area (Å²) in [6.07, 6.45) is -3.32. The molecule has 0 aliphatic heterocycles. The lowest BCUT2D eigenvalue weighted by Gasteiger charge is -2.26. The molecule has 224 valence electrons. The van der Waals surface area contributed by atoms with E-state index < -0.39 is 36.1 Å². The summed E-state index contributed by atoms with van der Waals surface area (Å²) < 4.78 is 9.52. The molecule has 0 radical (unpaired) electrons. The molecule has 3 rings (SSSR count). The first kappa shape index (κ1) is 33.5. The van der Waals surface area contributed by atoms with Crippen LogP contribution in [0.5, 0.6) is 5.75 Å². The minimum absolute atomic E-state index is 0.0253. The Kier molecular flexibility index (Phi) is 13.2. The van der Waals surface area contributed by atoms with E-state index in [0.29, 0.717) is 17.6 Å². The molecule has 0 amide bonds. The lowest BCUT2D eigenvalue weighted by molar-refractivity contribution is -0.166. The maximum Gasteiger partial charge on any atom is 0.349 e. The summed E-state index contributed by atoms with van der Waals surface area (Å²) >= 11 is 0. The number of phenols is 1. The Balaban J connectivity index is 0.000000330. The number of phenolic OH excluding ortho intramolecular Hbond substituents is 1. The standard InChI is InChI=1S/C18H14O8.C14H23NO/c19-15(20)13(25-17(23)11-7-3-1-4-8-11)14(16(21)22)26-18(24)12-9-5-2-6-10-12;1-5-14(11(2)10-15(3)4)12-7-6-8-13(16)9-12/h1-10,13-14H,(H,19,20)(H,21,22);6-9,11,14,16H,5,10H2,1-4H3/t13-,14-;11-,14+/m10/s1. The molecule has 3 aromatic carbocycles. The highest BCUT2D eigenvalue weighted by molar-refractivity contribution is 5.95. The lowest BCUT2D eigenvalue weighted by atomic mass is 9.85. The number of carbonyl (C=O) groups is 4. The van der Waals surface area contributed by atoms with Crippen molar-refractivity contribution in [3.63, 3.8) is 0 Å². The van der Waals surface area contributed by atoms with Crippen LogP contribution in [0.25, 0.3) is 0 Å². The summed E-state index contributed by atoms with van der Waals surface area (Å²) in [4.78, 5) is 49.1. The third-order valence-corrected chi connectivity index (χ3v) is 6.33. The molecule has 0 heterocycles. The molecule has 10 nitrogen and oxygen atoms in total. The van der Waals surface area contributed by atoms with Crippen LogP contribution in [0.3, 0.4) is 0 Å². The second-order valence-electron chi connectivity index (χ2n) is 9.91. The van der Waals surface area contributed by atoms with Crippen molar-refractivity contribution >= 4 is 23.9 Å². The topological polar surface area (TPSA) is 151 Å². The van der Waals surface area contributed by atoms with Gasteiger partial charge in [0.2, 0.25) is 12.2 Å². The summed E-state index contributed by atoms with van der Waals surface area (Å²) in [6, 6.07) is 22.5. The zero-order valence-corrected chi connectivity index (χ0v) is 24.0. The highest BCUT2D eigenvalue weighted by Crippen LogP contribution is 2.30. The normalized spacial score (nSPS) is 13.5. The number of carboxylic acid groups (broad SMARTS) is 2. The van der Waals surface area contributed by atoms with E-state index in [9.17, 15) is 34.5 Å². The average Bonchev–Trinajstić information content (AvgIpc) is 2.95. The minimum atomic E-state index is -2.21. The van der Waals surface area contributed by atoms with Crippen molar-refractivity contribution < 1.29 is 44.0 Å². The number of ether oxygens (including phenoxy) is 2. The molecule has 42 heavy (non-hydrogen) atoms. The van der Waals surface area contributed by atoms with Crippen LogP contribution in [0.15, 0.2) is 84.9 Å². The quantitative estimate of drug-likeness (QED) is 0.258. The fraction of sp³-hybridized carbons (Fsp3) is 0.312. The van der Waals surface area contributed by atoms with Gasteiger partial charge in [0, 0.05) is 6.54 Å². The number of aromatic hydroxyl groups is 1. The number of rotatable bonds is 12. The molecule has 0 spiro atoms. The first-order valence-electron chi connectivity index (χ1n) is 13.4. The molecule has 4 atom stereocenters. The molecule has 0 saturated carbocycles. The summed E-state index contributed by atoms with van der Waals surface area (Å²) in [5.41, 5.74) is 1.30. The summed E-state index contributed by atoms with van der Waals surface area (Å²) in [6.45, 7) is 5.56. The van der Waals surface area contributed by atoms with Gasteiger partial charge >= 0.3 is 23.9 Å². The lowest BCUT2D eigenvalue weighted by Crippen LogP contribution is -2.45. The van der Waals surface area contributed by atoms with Crippen LogP contribution in [0.4, 0.5) is 0 Å². The fourth-order valence-electron chi connectivity index (χ4n) is 4.42. The Morgan fingerprint density at radius 3 is 1.55 bits per heavy atom. The molecule has 0 aliphatic rings. The molecule has 0 bridgehead atoms. The Labute approximate surface area is 245 Å². The van der Waals surface area contributed by atoms with E-state index in [1.54, 1.807) is 18.2 Å². The molecule has 10 heteroatoms. The van der Waals surface area contributed by atoms with Crippen LogP contribution in [0.1, 0.15) is 52.5 Å². The first-order valence-corrected chi connectivity index (χ1v) is 13.4. The molecule has 0 unspecified atom stereocenters. The van der Waals surface area contributed by atoms with E-state index in [2.05, 4.69) is 38.9 Å².